The van der Waals surface area contributed by atoms with Crippen molar-refractivity contribution in [3.05, 3.63) is 24.0 Å². The SMILES string of the molecule is CCCN(CCC)S(=O)(=O)c1cc(F)ccc1OC. The van der Waals surface area contributed by atoms with E-state index in [1.807, 2.05) is 13.8 Å². The summed E-state index contributed by atoms with van der Waals surface area (Å²) >= 11 is 0. The summed E-state index contributed by atoms with van der Waals surface area (Å²) in [7, 11) is -2.35. The molecule has 19 heavy (non-hydrogen) atoms. The topological polar surface area (TPSA) is 46.6 Å². The molecule has 108 valence electrons. The highest BCUT2D eigenvalue weighted by Crippen LogP contribution is 2.27. The minimum atomic E-state index is -3.72. The maximum Gasteiger partial charge on any atom is 0.246 e. The van der Waals surface area contributed by atoms with Crippen molar-refractivity contribution in [2.45, 2.75) is 31.6 Å². The molecule has 0 fully saturated rings. The van der Waals surface area contributed by atoms with Crippen LogP contribution in [0.25, 0.3) is 0 Å². The molecule has 0 saturated carbocycles. The zero-order valence-corrected chi connectivity index (χ0v) is 12.3. The number of sulfonamides is 1. The Kier molecular flexibility index (Phi) is 5.75. The first-order valence-corrected chi connectivity index (χ1v) is 7.75. The van der Waals surface area contributed by atoms with Gasteiger partial charge < -0.3 is 4.74 Å². The molecule has 1 aromatic rings. The van der Waals surface area contributed by atoms with Crippen LogP contribution >= 0.6 is 0 Å². The molecule has 0 aromatic heterocycles. The molecule has 6 heteroatoms. The second-order valence-electron chi connectivity index (χ2n) is 4.20. The summed E-state index contributed by atoms with van der Waals surface area (Å²) in [5, 5.41) is 0. The Hall–Kier alpha value is -1.14. The number of halogens is 1. The third-order valence-corrected chi connectivity index (χ3v) is 4.61. The maximum atomic E-state index is 13.3. The number of hydrogen-bond acceptors (Lipinski definition) is 3. The molecule has 1 rings (SSSR count). The minimum absolute atomic E-state index is 0.114. The largest absolute Gasteiger partial charge is 0.495 e. The lowest BCUT2D eigenvalue weighted by molar-refractivity contribution is 0.386. The Morgan fingerprint density at radius 3 is 2.26 bits per heavy atom. The summed E-state index contributed by atoms with van der Waals surface area (Å²) in [5.74, 6) is -0.425. The molecule has 0 aliphatic rings. The summed E-state index contributed by atoms with van der Waals surface area (Å²) in [6.45, 7) is 4.63. The fraction of sp³-hybridized carbons (Fsp3) is 0.538. The number of hydrogen-bond donors (Lipinski definition) is 0. The van der Waals surface area contributed by atoms with Gasteiger partial charge in [-0.15, -0.1) is 0 Å². The highest BCUT2D eigenvalue weighted by Gasteiger charge is 2.27. The lowest BCUT2D eigenvalue weighted by Crippen LogP contribution is -2.32. The van der Waals surface area contributed by atoms with Crippen LogP contribution in [0.1, 0.15) is 26.7 Å². The second kappa shape index (κ2) is 6.86. The lowest BCUT2D eigenvalue weighted by atomic mass is 10.3. The second-order valence-corrected chi connectivity index (χ2v) is 6.11. The summed E-state index contributed by atoms with van der Waals surface area (Å²) in [4.78, 5) is -0.114. The van der Waals surface area contributed by atoms with Crippen LogP contribution in [0.4, 0.5) is 4.39 Å². The van der Waals surface area contributed by atoms with Crippen LogP contribution in [0, 0.1) is 5.82 Å². The van der Waals surface area contributed by atoms with Crippen molar-refractivity contribution in [1.29, 1.82) is 0 Å². The van der Waals surface area contributed by atoms with E-state index in [2.05, 4.69) is 0 Å². The van der Waals surface area contributed by atoms with E-state index in [-0.39, 0.29) is 10.6 Å². The first kappa shape index (κ1) is 15.9. The van der Waals surface area contributed by atoms with Crippen molar-refractivity contribution in [3.8, 4) is 5.75 Å². The van der Waals surface area contributed by atoms with Crippen LogP contribution in [0.2, 0.25) is 0 Å². The van der Waals surface area contributed by atoms with Gasteiger partial charge in [-0.1, -0.05) is 13.8 Å². The Bertz CT molecular complexity index is 511. The Labute approximate surface area is 114 Å². The third-order valence-electron chi connectivity index (χ3n) is 2.69. The number of benzene rings is 1. The predicted octanol–water partition coefficient (Wildman–Crippen LogP) is 2.65. The molecule has 0 aliphatic carbocycles. The van der Waals surface area contributed by atoms with E-state index in [1.54, 1.807) is 0 Å². The van der Waals surface area contributed by atoms with Crippen molar-refractivity contribution in [2.75, 3.05) is 20.2 Å². The standard InChI is InChI=1S/C13H20FNO3S/c1-4-8-15(9-5-2)19(16,17)13-10-11(14)6-7-12(13)18-3/h6-7,10H,4-5,8-9H2,1-3H3. The number of ether oxygens (including phenoxy) is 1. The van der Waals surface area contributed by atoms with Gasteiger partial charge in [-0.25, -0.2) is 12.8 Å². The zero-order chi connectivity index (χ0) is 14.5. The highest BCUT2D eigenvalue weighted by molar-refractivity contribution is 7.89. The molecule has 0 spiro atoms. The molecule has 0 bridgehead atoms. The summed E-state index contributed by atoms with van der Waals surface area (Å²) in [5.41, 5.74) is 0. The normalized spacial score (nSPS) is 11.8. The van der Waals surface area contributed by atoms with Gasteiger partial charge in [-0.2, -0.15) is 4.31 Å². The van der Waals surface area contributed by atoms with Gasteiger partial charge in [0.05, 0.1) is 7.11 Å². The van der Waals surface area contributed by atoms with Crippen LogP contribution in [-0.4, -0.2) is 32.9 Å². The molecular formula is C13H20FNO3S. The average Bonchev–Trinajstić information content (AvgIpc) is 2.38. The molecule has 0 amide bonds. The Morgan fingerprint density at radius 1 is 1.21 bits per heavy atom. The third kappa shape index (κ3) is 3.67. The Balaban J connectivity index is 3.27. The van der Waals surface area contributed by atoms with E-state index in [1.165, 1.54) is 23.5 Å². The molecule has 0 unspecified atom stereocenters. The van der Waals surface area contributed by atoms with E-state index in [4.69, 9.17) is 4.74 Å². The fourth-order valence-electron chi connectivity index (χ4n) is 1.84. The Morgan fingerprint density at radius 2 is 1.79 bits per heavy atom. The number of nitrogens with zero attached hydrogens (tertiary/aromatic N) is 1. The van der Waals surface area contributed by atoms with Gasteiger partial charge in [0.25, 0.3) is 0 Å². The van der Waals surface area contributed by atoms with E-state index in [0.717, 1.165) is 6.07 Å². The molecule has 0 aliphatic heterocycles. The van der Waals surface area contributed by atoms with Crippen molar-refractivity contribution in [1.82, 2.24) is 4.31 Å². The fourth-order valence-corrected chi connectivity index (χ4v) is 3.63. The van der Waals surface area contributed by atoms with Gasteiger partial charge in [0.1, 0.15) is 16.5 Å². The van der Waals surface area contributed by atoms with Crippen LogP contribution in [-0.2, 0) is 10.0 Å². The van der Waals surface area contributed by atoms with E-state index < -0.39 is 15.8 Å². The number of rotatable bonds is 7. The molecule has 0 N–H and O–H groups in total. The van der Waals surface area contributed by atoms with Crippen LogP contribution in [0.3, 0.4) is 0 Å². The van der Waals surface area contributed by atoms with Crippen molar-refractivity contribution in [3.63, 3.8) is 0 Å². The van der Waals surface area contributed by atoms with Gasteiger partial charge >= 0.3 is 0 Å². The van der Waals surface area contributed by atoms with Gasteiger partial charge in [0.2, 0.25) is 10.0 Å². The number of methoxy groups -OCH3 is 1. The van der Waals surface area contributed by atoms with Crippen molar-refractivity contribution < 1.29 is 17.5 Å². The van der Waals surface area contributed by atoms with Gasteiger partial charge in [-0.3, -0.25) is 0 Å². The molecule has 0 saturated heterocycles. The summed E-state index contributed by atoms with van der Waals surface area (Å²) in [6.07, 6.45) is 1.41. The predicted molar refractivity (Wildman–Crippen MR) is 72.3 cm³/mol. The first-order valence-electron chi connectivity index (χ1n) is 6.31. The molecular weight excluding hydrogens is 269 g/mol. The summed E-state index contributed by atoms with van der Waals surface area (Å²) < 4.78 is 44.7. The first-order chi connectivity index (χ1) is 8.97. The molecule has 0 atom stereocenters. The lowest BCUT2D eigenvalue weighted by Gasteiger charge is -2.22. The van der Waals surface area contributed by atoms with E-state index in [9.17, 15) is 12.8 Å². The van der Waals surface area contributed by atoms with Crippen molar-refractivity contribution in [2.24, 2.45) is 0 Å². The van der Waals surface area contributed by atoms with Crippen LogP contribution in [0.15, 0.2) is 23.1 Å². The quantitative estimate of drug-likeness (QED) is 0.775. The highest BCUT2D eigenvalue weighted by atomic mass is 32.2. The van der Waals surface area contributed by atoms with E-state index >= 15 is 0 Å². The van der Waals surface area contributed by atoms with E-state index in [0.29, 0.717) is 25.9 Å². The van der Waals surface area contributed by atoms with Gasteiger partial charge in [0.15, 0.2) is 0 Å². The monoisotopic (exact) mass is 289 g/mol. The van der Waals surface area contributed by atoms with Crippen molar-refractivity contribution >= 4 is 10.0 Å². The summed E-state index contributed by atoms with van der Waals surface area (Å²) in [6, 6.07) is 3.52. The van der Waals surface area contributed by atoms with Crippen LogP contribution in [0.5, 0.6) is 5.75 Å². The van der Waals surface area contributed by atoms with Crippen LogP contribution < -0.4 is 4.74 Å². The maximum absolute atomic E-state index is 13.3. The molecule has 1 aromatic carbocycles. The molecule has 0 radical (unpaired) electrons. The molecule has 0 heterocycles. The zero-order valence-electron chi connectivity index (χ0n) is 11.5. The van der Waals surface area contributed by atoms with Gasteiger partial charge in [0, 0.05) is 13.1 Å². The minimum Gasteiger partial charge on any atom is -0.495 e. The smallest absolute Gasteiger partial charge is 0.246 e. The van der Waals surface area contributed by atoms with Gasteiger partial charge in [-0.05, 0) is 31.0 Å². The molecule has 4 nitrogen and oxygen atoms in total. The average molecular weight is 289 g/mol.